The summed E-state index contributed by atoms with van der Waals surface area (Å²) in [5.41, 5.74) is 7.98. The quantitative estimate of drug-likeness (QED) is 0.571. The van der Waals surface area contributed by atoms with Crippen molar-refractivity contribution in [3.05, 3.63) is 71.2 Å². The summed E-state index contributed by atoms with van der Waals surface area (Å²) in [6.45, 7) is 3.99. The van der Waals surface area contributed by atoms with Gasteiger partial charge in [-0.1, -0.05) is 30.3 Å². The summed E-state index contributed by atoms with van der Waals surface area (Å²) in [5, 5.41) is 1.10. The smallest absolute Gasteiger partial charge is 0.0753 e. The molecule has 1 unspecified atom stereocenters. The first kappa shape index (κ1) is 13.7. The molecular weight excluding hydrogens is 260 g/mol. The molecule has 0 radical (unpaired) electrons. The SMILES string of the molecule is Cc1ccc(C(NN)c2cccc3cccnc23)c(C)n1. The van der Waals surface area contributed by atoms with Gasteiger partial charge in [-0.15, -0.1) is 0 Å². The predicted octanol–water partition coefficient (Wildman–Crippen LogP) is 2.80. The number of hydrogen-bond donors (Lipinski definition) is 2. The Morgan fingerprint density at radius 3 is 2.57 bits per heavy atom. The van der Waals surface area contributed by atoms with E-state index in [1.54, 1.807) is 6.20 Å². The lowest BCUT2D eigenvalue weighted by molar-refractivity contribution is 0.633. The summed E-state index contributed by atoms with van der Waals surface area (Å²) in [5.74, 6) is 5.83. The van der Waals surface area contributed by atoms with Crippen molar-refractivity contribution in [1.29, 1.82) is 0 Å². The topological polar surface area (TPSA) is 63.8 Å². The summed E-state index contributed by atoms with van der Waals surface area (Å²) in [6, 6.07) is 14.1. The number of nitrogens with two attached hydrogens (primary N) is 1. The molecule has 0 fully saturated rings. The number of nitrogens with one attached hydrogen (secondary N) is 1. The first-order valence-electron chi connectivity index (χ1n) is 6.94. The van der Waals surface area contributed by atoms with E-state index in [-0.39, 0.29) is 6.04 Å². The van der Waals surface area contributed by atoms with Crippen LogP contribution in [0, 0.1) is 13.8 Å². The molecule has 0 amide bonds. The van der Waals surface area contributed by atoms with Crippen LogP contribution in [0.25, 0.3) is 10.9 Å². The lowest BCUT2D eigenvalue weighted by Gasteiger charge is -2.20. The van der Waals surface area contributed by atoms with E-state index in [1.807, 2.05) is 32.0 Å². The minimum atomic E-state index is -0.128. The zero-order valence-corrected chi connectivity index (χ0v) is 12.2. The van der Waals surface area contributed by atoms with Crippen LogP contribution in [0.5, 0.6) is 0 Å². The molecule has 21 heavy (non-hydrogen) atoms. The number of aryl methyl sites for hydroxylation is 2. The molecule has 0 aliphatic heterocycles. The van der Waals surface area contributed by atoms with E-state index in [1.165, 1.54) is 0 Å². The fraction of sp³-hybridized carbons (Fsp3) is 0.176. The molecule has 1 aromatic carbocycles. The van der Waals surface area contributed by atoms with Crippen molar-refractivity contribution in [1.82, 2.24) is 15.4 Å². The van der Waals surface area contributed by atoms with E-state index in [9.17, 15) is 0 Å². The summed E-state index contributed by atoms with van der Waals surface area (Å²) < 4.78 is 0. The molecule has 3 aromatic rings. The Balaban J connectivity index is 2.18. The zero-order valence-electron chi connectivity index (χ0n) is 12.2. The number of para-hydroxylation sites is 1. The Hall–Kier alpha value is -2.30. The summed E-state index contributed by atoms with van der Waals surface area (Å²) in [7, 11) is 0. The van der Waals surface area contributed by atoms with Crippen LogP contribution in [-0.2, 0) is 0 Å². The maximum absolute atomic E-state index is 5.83. The Bertz CT molecular complexity index is 777. The Kier molecular flexibility index (Phi) is 3.64. The van der Waals surface area contributed by atoms with Crippen molar-refractivity contribution in [2.45, 2.75) is 19.9 Å². The van der Waals surface area contributed by atoms with Crippen molar-refractivity contribution in [2.75, 3.05) is 0 Å². The Labute approximate surface area is 124 Å². The molecule has 4 nitrogen and oxygen atoms in total. The van der Waals surface area contributed by atoms with E-state index in [4.69, 9.17) is 5.84 Å². The number of nitrogens with zero attached hydrogens (tertiary/aromatic N) is 2. The average Bonchev–Trinajstić information content (AvgIpc) is 2.50. The van der Waals surface area contributed by atoms with Crippen LogP contribution in [0.15, 0.2) is 48.7 Å². The van der Waals surface area contributed by atoms with Crippen molar-refractivity contribution in [3.63, 3.8) is 0 Å². The highest BCUT2D eigenvalue weighted by Crippen LogP contribution is 2.28. The Morgan fingerprint density at radius 2 is 1.81 bits per heavy atom. The van der Waals surface area contributed by atoms with Gasteiger partial charge >= 0.3 is 0 Å². The van der Waals surface area contributed by atoms with Gasteiger partial charge in [-0.3, -0.25) is 15.8 Å². The third-order valence-corrected chi connectivity index (χ3v) is 3.72. The van der Waals surface area contributed by atoms with Crippen LogP contribution in [0.1, 0.15) is 28.6 Å². The maximum atomic E-state index is 5.83. The number of aromatic nitrogens is 2. The van der Waals surface area contributed by atoms with Gasteiger partial charge in [0.25, 0.3) is 0 Å². The lowest BCUT2D eigenvalue weighted by atomic mass is 9.95. The number of benzene rings is 1. The van der Waals surface area contributed by atoms with Gasteiger partial charge in [0.1, 0.15) is 0 Å². The molecule has 1 atom stereocenters. The van der Waals surface area contributed by atoms with Crippen LogP contribution >= 0.6 is 0 Å². The van der Waals surface area contributed by atoms with Crippen molar-refractivity contribution < 1.29 is 0 Å². The highest BCUT2D eigenvalue weighted by molar-refractivity contribution is 5.82. The molecule has 0 spiro atoms. The second-order valence-corrected chi connectivity index (χ2v) is 5.15. The third-order valence-electron chi connectivity index (χ3n) is 3.72. The van der Waals surface area contributed by atoms with Gasteiger partial charge in [0, 0.05) is 28.5 Å². The standard InChI is InChI=1S/C17H18N4/c1-11-8-9-14(12(2)20-11)17(21-18)15-7-3-5-13-6-4-10-19-16(13)15/h3-10,17,21H,18H2,1-2H3. The van der Waals surface area contributed by atoms with Crippen LogP contribution in [-0.4, -0.2) is 9.97 Å². The number of fused-ring (bicyclic) bond motifs is 1. The lowest BCUT2D eigenvalue weighted by Crippen LogP contribution is -2.30. The van der Waals surface area contributed by atoms with Crippen LogP contribution < -0.4 is 11.3 Å². The first-order chi connectivity index (χ1) is 10.2. The molecule has 106 valence electrons. The van der Waals surface area contributed by atoms with Gasteiger partial charge in [0.05, 0.1) is 11.6 Å². The summed E-state index contributed by atoms with van der Waals surface area (Å²) in [6.07, 6.45) is 1.81. The largest absolute Gasteiger partial charge is 0.271 e. The minimum Gasteiger partial charge on any atom is -0.271 e. The van der Waals surface area contributed by atoms with Gasteiger partial charge in [-0.25, -0.2) is 5.43 Å². The van der Waals surface area contributed by atoms with Gasteiger partial charge in [0.2, 0.25) is 0 Å². The fourth-order valence-corrected chi connectivity index (χ4v) is 2.71. The average molecular weight is 278 g/mol. The van der Waals surface area contributed by atoms with E-state index in [0.29, 0.717) is 0 Å². The molecule has 2 aromatic heterocycles. The monoisotopic (exact) mass is 278 g/mol. The van der Waals surface area contributed by atoms with Crippen molar-refractivity contribution >= 4 is 10.9 Å². The van der Waals surface area contributed by atoms with Crippen molar-refractivity contribution in [3.8, 4) is 0 Å². The van der Waals surface area contributed by atoms with E-state index >= 15 is 0 Å². The molecule has 0 saturated carbocycles. The van der Waals surface area contributed by atoms with Crippen LogP contribution in [0.3, 0.4) is 0 Å². The number of rotatable bonds is 3. The number of hydrogen-bond acceptors (Lipinski definition) is 4. The molecule has 0 saturated heterocycles. The van der Waals surface area contributed by atoms with E-state index in [0.717, 1.165) is 33.4 Å². The van der Waals surface area contributed by atoms with Gasteiger partial charge in [-0.2, -0.15) is 0 Å². The highest BCUT2D eigenvalue weighted by Gasteiger charge is 2.18. The number of pyridine rings is 2. The zero-order chi connectivity index (χ0) is 14.8. The summed E-state index contributed by atoms with van der Waals surface area (Å²) >= 11 is 0. The molecule has 2 heterocycles. The van der Waals surface area contributed by atoms with E-state index in [2.05, 4.69) is 39.7 Å². The second-order valence-electron chi connectivity index (χ2n) is 5.15. The molecule has 3 rings (SSSR count). The predicted molar refractivity (Wildman–Crippen MR) is 84.6 cm³/mol. The van der Waals surface area contributed by atoms with Crippen molar-refractivity contribution in [2.24, 2.45) is 5.84 Å². The van der Waals surface area contributed by atoms with Gasteiger partial charge < -0.3 is 0 Å². The normalized spacial score (nSPS) is 12.5. The molecule has 4 heteroatoms. The summed E-state index contributed by atoms with van der Waals surface area (Å²) in [4.78, 5) is 9.04. The maximum Gasteiger partial charge on any atom is 0.0753 e. The van der Waals surface area contributed by atoms with Crippen LogP contribution in [0.2, 0.25) is 0 Å². The van der Waals surface area contributed by atoms with Crippen LogP contribution in [0.4, 0.5) is 0 Å². The van der Waals surface area contributed by atoms with Gasteiger partial charge in [0.15, 0.2) is 0 Å². The fourth-order valence-electron chi connectivity index (χ4n) is 2.71. The first-order valence-corrected chi connectivity index (χ1v) is 6.94. The van der Waals surface area contributed by atoms with E-state index < -0.39 is 0 Å². The molecule has 0 bridgehead atoms. The molecular formula is C17H18N4. The Morgan fingerprint density at radius 1 is 1.00 bits per heavy atom. The van der Waals surface area contributed by atoms with Gasteiger partial charge in [-0.05, 0) is 31.5 Å². The second kappa shape index (κ2) is 5.60. The molecule has 0 aliphatic carbocycles. The molecule has 3 N–H and O–H groups in total. The number of hydrazine groups is 1. The minimum absolute atomic E-state index is 0.128. The third kappa shape index (κ3) is 2.51. The molecule has 0 aliphatic rings. The highest BCUT2D eigenvalue weighted by atomic mass is 15.2.